The Kier molecular flexibility index (Phi) is 5.09. The quantitative estimate of drug-likeness (QED) is 0.672. The zero-order valence-electron chi connectivity index (χ0n) is 15.3. The van der Waals surface area contributed by atoms with Crippen LogP contribution < -0.4 is 19.5 Å². The first kappa shape index (κ1) is 17.8. The molecule has 1 amide bonds. The van der Waals surface area contributed by atoms with E-state index in [-0.39, 0.29) is 19.1 Å². The molecule has 0 bridgehead atoms. The van der Waals surface area contributed by atoms with E-state index in [1.165, 1.54) is 0 Å². The van der Waals surface area contributed by atoms with Crippen molar-refractivity contribution in [2.75, 3.05) is 13.9 Å². The highest BCUT2D eigenvalue weighted by molar-refractivity contribution is 5.76. The molecular formula is C20H19N3O5. The first-order chi connectivity index (χ1) is 13.7. The van der Waals surface area contributed by atoms with Crippen molar-refractivity contribution in [2.45, 2.75) is 19.4 Å². The van der Waals surface area contributed by atoms with E-state index in [4.69, 9.17) is 18.7 Å². The molecule has 0 saturated heterocycles. The molecule has 1 N–H and O–H groups in total. The lowest BCUT2D eigenvalue weighted by molar-refractivity contribution is -0.121. The number of carbonyl (C=O) groups is 1. The Labute approximate surface area is 161 Å². The van der Waals surface area contributed by atoms with Crippen molar-refractivity contribution in [3.63, 3.8) is 0 Å². The molecule has 0 spiro atoms. The third-order valence-electron chi connectivity index (χ3n) is 4.31. The van der Waals surface area contributed by atoms with Crippen LogP contribution in [0.1, 0.15) is 17.9 Å². The van der Waals surface area contributed by atoms with Gasteiger partial charge in [0.15, 0.2) is 11.5 Å². The number of amides is 1. The lowest BCUT2D eigenvalue weighted by Crippen LogP contribution is -2.23. The van der Waals surface area contributed by atoms with Gasteiger partial charge in [-0.3, -0.25) is 4.79 Å². The molecule has 2 aromatic carbocycles. The minimum absolute atomic E-state index is 0.0955. The summed E-state index contributed by atoms with van der Waals surface area (Å²) in [6.45, 7) is 0.643. The maximum absolute atomic E-state index is 12.1. The molecule has 8 nitrogen and oxygen atoms in total. The molecule has 4 rings (SSSR count). The van der Waals surface area contributed by atoms with Crippen LogP contribution in [0.3, 0.4) is 0 Å². The van der Waals surface area contributed by atoms with Crippen LogP contribution in [0.15, 0.2) is 47.0 Å². The van der Waals surface area contributed by atoms with Gasteiger partial charge in [-0.1, -0.05) is 11.2 Å². The van der Waals surface area contributed by atoms with Crippen LogP contribution in [-0.4, -0.2) is 30.0 Å². The van der Waals surface area contributed by atoms with E-state index in [0.29, 0.717) is 30.4 Å². The largest absolute Gasteiger partial charge is 0.497 e. The van der Waals surface area contributed by atoms with Crippen LogP contribution in [-0.2, 0) is 17.8 Å². The first-order valence-corrected chi connectivity index (χ1v) is 8.83. The number of aryl methyl sites for hydroxylation is 1. The molecule has 8 heteroatoms. The highest BCUT2D eigenvalue weighted by Crippen LogP contribution is 2.32. The van der Waals surface area contributed by atoms with Crippen LogP contribution >= 0.6 is 0 Å². The third-order valence-corrected chi connectivity index (χ3v) is 4.31. The number of carbonyl (C=O) groups excluding carboxylic acids is 1. The van der Waals surface area contributed by atoms with Crippen molar-refractivity contribution in [1.29, 1.82) is 0 Å². The van der Waals surface area contributed by atoms with Gasteiger partial charge in [-0.2, -0.15) is 4.98 Å². The van der Waals surface area contributed by atoms with E-state index >= 15 is 0 Å². The molecular weight excluding hydrogens is 362 g/mol. The molecule has 28 heavy (non-hydrogen) atoms. The molecule has 0 aliphatic carbocycles. The summed E-state index contributed by atoms with van der Waals surface area (Å²) in [6, 6.07) is 13.0. The van der Waals surface area contributed by atoms with Crippen LogP contribution in [0.5, 0.6) is 17.2 Å². The fourth-order valence-corrected chi connectivity index (χ4v) is 2.77. The number of rotatable bonds is 7. The van der Waals surface area contributed by atoms with Crippen LogP contribution in [0.25, 0.3) is 11.4 Å². The summed E-state index contributed by atoms with van der Waals surface area (Å²) in [5, 5.41) is 6.83. The van der Waals surface area contributed by atoms with Crippen LogP contribution in [0.4, 0.5) is 0 Å². The number of aromatic nitrogens is 2. The molecule has 0 saturated carbocycles. The van der Waals surface area contributed by atoms with Crippen molar-refractivity contribution >= 4 is 5.91 Å². The lowest BCUT2D eigenvalue weighted by Gasteiger charge is -2.05. The highest BCUT2D eigenvalue weighted by atomic mass is 16.7. The summed E-state index contributed by atoms with van der Waals surface area (Å²) in [5.41, 5.74) is 1.76. The zero-order valence-corrected chi connectivity index (χ0v) is 15.3. The van der Waals surface area contributed by atoms with Crippen LogP contribution in [0, 0.1) is 0 Å². The van der Waals surface area contributed by atoms with Gasteiger partial charge < -0.3 is 24.1 Å². The number of nitrogens with zero attached hydrogens (tertiary/aromatic N) is 2. The van der Waals surface area contributed by atoms with Gasteiger partial charge in [0.05, 0.1) is 7.11 Å². The van der Waals surface area contributed by atoms with Gasteiger partial charge >= 0.3 is 0 Å². The minimum atomic E-state index is -0.0955. The predicted molar refractivity (Wildman–Crippen MR) is 99.0 cm³/mol. The van der Waals surface area contributed by atoms with Crippen LogP contribution in [0.2, 0.25) is 0 Å². The van der Waals surface area contributed by atoms with Gasteiger partial charge in [-0.25, -0.2) is 0 Å². The second kappa shape index (κ2) is 7.99. The number of ether oxygens (including phenoxy) is 3. The Balaban J connectivity index is 1.27. The summed E-state index contributed by atoms with van der Waals surface area (Å²) in [4.78, 5) is 16.4. The number of methoxy groups -OCH3 is 1. The Morgan fingerprint density at radius 1 is 1.14 bits per heavy atom. The summed E-state index contributed by atoms with van der Waals surface area (Å²) in [5.74, 6) is 2.98. The number of benzene rings is 2. The highest BCUT2D eigenvalue weighted by Gasteiger charge is 2.14. The van der Waals surface area contributed by atoms with E-state index in [9.17, 15) is 4.79 Å². The molecule has 1 aliphatic heterocycles. The Bertz CT molecular complexity index is 968. The van der Waals surface area contributed by atoms with Crippen molar-refractivity contribution < 1.29 is 23.5 Å². The molecule has 144 valence electrons. The molecule has 0 fully saturated rings. The minimum Gasteiger partial charge on any atom is -0.497 e. The normalized spacial score (nSPS) is 12.0. The maximum Gasteiger partial charge on any atom is 0.231 e. The van der Waals surface area contributed by atoms with Gasteiger partial charge in [0.1, 0.15) is 5.75 Å². The van der Waals surface area contributed by atoms with E-state index in [0.717, 1.165) is 22.6 Å². The van der Waals surface area contributed by atoms with Crippen molar-refractivity contribution in [3.8, 4) is 28.6 Å². The van der Waals surface area contributed by atoms with E-state index < -0.39 is 0 Å². The summed E-state index contributed by atoms with van der Waals surface area (Å²) >= 11 is 0. The average Bonchev–Trinajstić information content (AvgIpc) is 3.39. The molecule has 2 heterocycles. The number of nitrogens with one attached hydrogen (secondary N) is 1. The predicted octanol–water partition coefficient (Wildman–Crippen LogP) is 2.72. The topological polar surface area (TPSA) is 95.7 Å². The smallest absolute Gasteiger partial charge is 0.231 e. The van der Waals surface area contributed by atoms with Gasteiger partial charge in [0, 0.05) is 24.9 Å². The maximum atomic E-state index is 12.1. The molecule has 1 aliphatic rings. The standard InChI is InChI=1S/C20H19N3O5/c1-25-15-5-3-14(4-6-15)20-22-19(28-23-20)9-8-18(24)21-11-13-2-7-16-17(10-13)27-12-26-16/h2-7,10H,8-9,11-12H2,1H3,(H,21,24). The number of hydrogen-bond donors (Lipinski definition) is 1. The van der Waals surface area contributed by atoms with Crippen molar-refractivity contribution in [2.24, 2.45) is 0 Å². The summed E-state index contributed by atoms with van der Waals surface area (Å²) < 4.78 is 21.0. The Morgan fingerprint density at radius 2 is 1.96 bits per heavy atom. The SMILES string of the molecule is COc1ccc(-c2noc(CCC(=O)NCc3ccc4c(c3)OCO4)n2)cc1. The fourth-order valence-electron chi connectivity index (χ4n) is 2.77. The molecule has 0 radical (unpaired) electrons. The van der Waals surface area contributed by atoms with E-state index in [1.54, 1.807) is 7.11 Å². The average molecular weight is 381 g/mol. The van der Waals surface area contributed by atoms with Crippen molar-refractivity contribution in [1.82, 2.24) is 15.5 Å². The fraction of sp³-hybridized carbons (Fsp3) is 0.250. The van der Waals surface area contributed by atoms with Gasteiger partial charge in [-0.15, -0.1) is 0 Å². The number of fused-ring (bicyclic) bond motifs is 1. The Hall–Kier alpha value is -3.55. The lowest BCUT2D eigenvalue weighted by atomic mass is 10.2. The molecule has 3 aromatic rings. The summed E-state index contributed by atoms with van der Waals surface area (Å²) in [7, 11) is 1.61. The monoisotopic (exact) mass is 381 g/mol. The van der Waals surface area contributed by atoms with Gasteiger partial charge in [0.25, 0.3) is 0 Å². The molecule has 1 aromatic heterocycles. The second-order valence-corrected chi connectivity index (χ2v) is 6.20. The molecule has 0 atom stereocenters. The van der Waals surface area contributed by atoms with E-state index in [2.05, 4.69) is 15.5 Å². The third kappa shape index (κ3) is 4.06. The van der Waals surface area contributed by atoms with Gasteiger partial charge in [0.2, 0.25) is 24.4 Å². The van der Waals surface area contributed by atoms with Gasteiger partial charge in [-0.05, 0) is 42.0 Å². The second-order valence-electron chi connectivity index (χ2n) is 6.20. The zero-order chi connectivity index (χ0) is 19.3. The molecule has 0 unspecified atom stereocenters. The first-order valence-electron chi connectivity index (χ1n) is 8.83. The number of hydrogen-bond acceptors (Lipinski definition) is 7. The summed E-state index contributed by atoms with van der Waals surface area (Å²) in [6.07, 6.45) is 0.630. The van der Waals surface area contributed by atoms with E-state index in [1.807, 2.05) is 42.5 Å². The van der Waals surface area contributed by atoms with Crippen molar-refractivity contribution in [3.05, 3.63) is 53.9 Å². The Morgan fingerprint density at radius 3 is 2.79 bits per heavy atom.